The number of nitrogens with zero attached hydrogens (tertiary/aromatic N) is 2. The molecule has 158 valence electrons. The maximum absolute atomic E-state index is 11.9. The monoisotopic (exact) mass is 450 g/mol. The number of benzene rings is 3. The summed E-state index contributed by atoms with van der Waals surface area (Å²) in [5, 5.41) is 8.25. The summed E-state index contributed by atoms with van der Waals surface area (Å²) in [5.41, 5.74) is 2.54. The number of carbonyl (C=O) groups is 1. The molecule has 3 aromatic carbocycles. The molecule has 0 aliphatic rings. The van der Waals surface area contributed by atoms with Crippen LogP contribution in [0, 0.1) is 0 Å². The van der Waals surface area contributed by atoms with Gasteiger partial charge in [0.05, 0.1) is 7.11 Å². The Hall–Kier alpha value is -2.94. The van der Waals surface area contributed by atoms with Crippen molar-refractivity contribution in [2.45, 2.75) is 6.42 Å². The van der Waals surface area contributed by atoms with E-state index in [1.54, 1.807) is 4.68 Å². The highest BCUT2D eigenvalue weighted by atomic mass is 35.5. The highest BCUT2D eigenvalue weighted by Crippen LogP contribution is 2.34. The summed E-state index contributed by atoms with van der Waals surface area (Å²) in [5.74, 6) is -0.416. The summed E-state index contributed by atoms with van der Waals surface area (Å²) in [4.78, 5) is 11.9. The average Bonchev–Trinajstić information content (AvgIpc) is 3.16. The molecule has 31 heavy (non-hydrogen) atoms. The summed E-state index contributed by atoms with van der Waals surface area (Å²) in [6, 6.07) is 31.7. The van der Waals surface area contributed by atoms with Gasteiger partial charge < -0.3 is 4.74 Å². The number of rotatable bonds is 6. The second-order valence-electron chi connectivity index (χ2n) is 6.95. The van der Waals surface area contributed by atoms with E-state index in [2.05, 4.69) is 90.0 Å². The zero-order chi connectivity index (χ0) is 20.9. The third-order valence-corrected chi connectivity index (χ3v) is 7.55. The Morgan fingerprint density at radius 1 is 0.903 bits per heavy atom. The van der Waals surface area contributed by atoms with Gasteiger partial charge in [-0.2, -0.15) is 5.10 Å². The lowest BCUT2D eigenvalue weighted by molar-refractivity contribution is 0.0593. The number of esters is 1. The summed E-state index contributed by atoms with van der Waals surface area (Å²) in [6.45, 7) is 0. The smallest absolute Gasteiger partial charge is 0.358 e. The highest BCUT2D eigenvalue weighted by molar-refractivity contribution is 7.79. The fourth-order valence-electron chi connectivity index (χ4n) is 3.53. The van der Waals surface area contributed by atoms with Crippen molar-refractivity contribution in [2.24, 2.45) is 7.05 Å². The molecule has 0 fully saturated rings. The molecule has 1 aromatic heterocycles. The zero-order valence-corrected chi connectivity index (χ0v) is 19.1. The normalized spacial score (nSPS) is 10.5. The second kappa shape index (κ2) is 10.4. The number of halogens is 1. The fourth-order valence-corrected chi connectivity index (χ4v) is 6.00. The van der Waals surface area contributed by atoms with E-state index in [1.165, 1.54) is 28.6 Å². The first-order valence-electron chi connectivity index (χ1n) is 9.76. The largest absolute Gasteiger partial charge is 0.464 e. The molecule has 0 radical (unpaired) electrons. The molecule has 1 heterocycles. The molecule has 0 saturated carbocycles. The van der Waals surface area contributed by atoms with Crippen molar-refractivity contribution in [1.82, 2.24) is 9.78 Å². The van der Waals surface area contributed by atoms with Crippen LogP contribution >= 0.6 is 20.3 Å². The van der Waals surface area contributed by atoms with Crippen LogP contribution in [0.2, 0.25) is 0 Å². The van der Waals surface area contributed by atoms with Crippen LogP contribution in [-0.2, 0) is 18.2 Å². The van der Waals surface area contributed by atoms with Crippen LogP contribution in [0.25, 0.3) is 0 Å². The number of hydrogen-bond donors (Lipinski definition) is 0. The third-order valence-electron chi connectivity index (χ3n) is 5.00. The maximum atomic E-state index is 11.9. The van der Waals surface area contributed by atoms with Gasteiger partial charge in [-0.1, -0.05) is 84.9 Å². The summed E-state index contributed by atoms with van der Waals surface area (Å²) in [6.07, 6.45) is 0.690. The molecule has 4 nitrogen and oxygen atoms in total. The Balaban J connectivity index is 0.00000272. The molecule has 0 amide bonds. The van der Waals surface area contributed by atoms with Gasteiger partial charge in [0, 0.05) is 19.2 Å². The molecular formula is C25H24ClN2O2P. The van der Waals surface area contributed by atoms with Crippen molar-refractivity contribution in [2.75, 3.05) is 7.11 Å². The minimum absolute atomic E-state index is 0. The molecule has 0 bridgehead atoms. The fraction of sp³-hybridized carbons (Fsp3) is 0.120. The summed E-state index contributed by atoms with van der Waals surface area (Å²) >= 11 is 0. The molecule has 0 unspecified atom stereocenters. The predicted octanol–water partition coefficient (Wildman–Crippen LogP) is 3.98. The molecule has 4 rings (SSSR count). The average molecular weight is 451 g/mol. The molecule has 0 saturated heterocycles. The van der Waals surface area contributed by atoms with Crippen molar-refractivity contribution in [3.8, 4) is 0 Å². The molecule has 4 aromatic rings. The maximum Gasteiger partial charge on any atom is 0.358 e. The van der Waals surface area contributed by atoms with Crippen molar-refractivity contribution in [1.29, 1.82) is 0 Å². The Morgan fingerprint density at radius 3 is 2.03 bits per heavy atom. The second-order valence-corrected chi connectivity index (χ2v) is 9.13. The van der Waals surface area contributed by atoms with Crippen LogP contribution in [0.3, 0.4) is 0 Å². The van der Waals surface area contributed by atoms with Crippen molar-refractivity contribution in [3.63, 3.8) is 0 Å². The summed E-state index contributed by atoms with van der Waals surface area (Å²) < 4.78 is 6.58. The van der Waals surface area contributed by atoms with E-state index in [4.69, 9.17) is 4.74 Å². The quantitative estimate of drug-likeness (QED) is 0.330. The summed E-state index contributed by atoms with van der Waals surface area (Å²) in [7, 11) is 2.53. The first kappa shape index (κ1) is 22.7. The van der Waals surface area contributed by atoms with Gasteiger partial charge in [-0.15, -0.1) is 12.4 Å². The molecule has 0 atom stereocenters. The van der Waals surface area contributed by atoms with E-state index in [1.807, 2.05) is 13.1 Å². The Labute approximate surface area is 190 Å². The predicted molar refractivity (Wildman–Crippen MR) is 130 cm³/mol. The van der Waals surface area contributed by atoms with Crippen molar-refractivity contribution < 1.29 is 9.53 Å². The first-order valence-corrected chi connectivity index (χ1v) is 11.1. The van der Waals surface area contributed by atoms with Gasteiger partial charge >= 0.3 is 5.97 Å². The Bertz CT molecular complexity index is 1110. The number of hydrogen-bond acceptors (Lipinski definition) is 3. The highest BCUT2D eigenvalue weighted by Gasteiger charge is 2.20. The van der Waals surface area contributed by atoms with Crippen LogP contribution in [0.5, 0.6) is 0 Å². The molecule has 0 aliphatic heterocycles. The lowest BCUT2D eigenvalue weighted by Gasteiger charge is -2.22. The molecular weight excluding hydrogens is 427 g/mol. The number of methoxy groups -OCH3 is 1. The van der Waals surface area contributed by atoms with Gasteiger partial charge in [0.15, 0.2) is 5.69 Å². The van der Waals surface area contributed by atoms with Crippen molar-refractivity contribution in [3.05, 3.63) is 108 Å². The van der Waals surface area contributed by atoms with Crippen LogP contribution < -0.4 is 15.9 Å². The van der Waals surface area contributed by atoms with E-state index in [9.17, 15) is 4.79 Å². The van der Waals surface area contributed by atoms with E-state index in [0.29, 0.717) is 12.1 Å². The Kier molecular flexibility index (Phi) is 7.62. The van der Waals surface area contributed by atoms with Crippen LogP contribution in [0.1, 0.15) is 21.7 Å². The van der Waals surface area contributed by atoms with Crippen LogP contribution in [-0.4, -0.2) is 22.9 Å². The Morgan fingerprint density at radius 2 is 1.45 bits per heavy atom. The van der Waals surface area contributed by atoms with Gasteiger partial charge in [-0.25, -0.2) is 4.79 Å². The number of ether oxygens (including phenoxy) is 1. The van der Waals surface area contributed by atoms with E-state index < -0.39 is 13.9 Å². The van der Waals surface area contributed by atoms with Gasteiger partial charge in [0.2, 0.25) is 0 Å². The number of aryl methyl sites for hydroxylation is 1. The topological polar surface area (TPSA) is 44.1 Å². The molecule has 0 aliphatic carbocycles. The number of carbonyl (C=O) groups excluding carboxylic acids is 1. The van der Waals surface area contributed by atoms with Crippen LogP contribution in [0.15, 0.2) is 91.0 Å². The van der Waals surface area contributed by atoms with Gasteiger partial charge in [0.1, 0.15) is 0 Å². The lowest BCUT2D eigenvalue weighted by atomic mass is 10.1. The minimum atomic E-state index is -0.703. The SMILES string of the molecule is COC(=O)c1cc(Cc2ccccc2P(c2ccccc2)c2ccccc2)n(C)n1.Cl. The number of aromatic nitrogens is 2. The first-order chi connectivity index (χ1) is 14.7. The van der Waals surface area contributed by atoms with Crippen LogP contribution in [0.4, 0.5) is 0 Å². The van der Waals surface area contributed by atoms with Gasteiger partial charge in [-0.3, -0.25) is 4.68 Å². The minimum Gasteiger partial charge on any atom is -0.464 e. The van der Waals surface area contributed by atoms with E-state index >= 15 is 0 Å². The van der Waals surface area contributed by atoms with E-state index in [0.717, 1.165) is 5.69 Å². The lowest BCUT2D eigenvalue weighted by Crippen LogP contribution is -2.23. The molecule has 6 heteroatoms. The standard InChI is InChI=1S/C25H23N2O2P.ClH/c1-27-20(18-23(26-27)25(28)29-2)17-19-11-9-10-16-24(19)30(21-12-5-3-6-13-21)22-14-7-4-8-15-22;/h3-16,18H,17H2,1-2H3;1H. The molecule has 0 spiro atoms. The van der Waals surface area contributed by atoms with Gasteiger partial charge in [0.25, 0.3) is 0 Å². The molecule has 0 N–H and O–H groups in total. The van der Waals surface area contributed by atoms with Gasteiger partial charge in [-0.05, 0) is 35.5 Å². The third kappa shape index (κ3) is 5.04. The zero-order valence-electron chi connectivity index (χ0n) is 17.4. The van der Waals surface area contributed by atoms with Crippen molar-refractivity contribution >= 4 is 42.2 Å². The van der Waals surface area contributed by atoms with E-state index in [-0.39, 0.29) is 12.4 Å².